The number of rotatable bonds is 1. The summed E-state index contributed by atoms with van der Waals surface area (Å²) in [5.41, 5.74) is 0.247. The van der Waals surface area contributed by atoms with Crippen LogP contribution in [0.4, 0.5) is 9.52 Å². The van der Waals surface area contributed by atoms with Gasteiger partial charge in [0.25, 0.3) is 5.91 Å². The van der Waals surface area contributed by atoms with E-state index in [1.165, 1.54) is 6.07 Å². The first kappa shape index (κ1) is 14.5. The molecule has 22 heavy (non-hydrogen) atoms. The summed E-state index contributed by atoms with van der Waals surface area (Å²) in [5, 5.41) is 2.91. The van der Waals surface area contributed by atoms with E-state index in [2.05, 4.69) is 21.7 Å². The molecule has 3 rings (SSSR count). The van der Waals surface area contributed by atoms with Crippen molar-refractivity contribution in [3.05, 3.63) is 47.2 Å². The summed E-state index contributed by atoms with van der Waals surface area (Å²) in [5.74, 6) is 4.47. The highest BCUT2D eigenvalue weighted by molar-refractivity contribution is 7.13. The highest BCUT2D eigenvalue weighted by atomic mass is 32.1. The molecule has 2 heterocycles. The van der Waals surface area contributed by atoms with E-state index in [-0.39, 0.29) is 11.5 Å². The number of nitrogens with zero attached hydrogens (tertiary/aromatic N) is 3. The van der Waals surface area contributed by atoms with Crippen LogP contribution in [-0.2, 0) is 4.79 Å². The van der Waals surface area contributed by atoms with Crippen molar-refractivity contribution in [2.24, 2.45) is 0 Å². The molecule has 1 saturated heterocycles. The minimum Gasteiger partial charge on any atom is -0.345 e. The summed E-state index contributed by atoms with van der Waals surface area (Å²) in [6.45, 7) is 2.68. The van der Waals surface area contributed by atoms with E-state index in [0.29, 0.717) is 13.1 Å². The zero-order valence-electron chi connectivity index (χ0n) is 11.8. The van der Waals surface area contributed by atoms with Gasteiger partial charge in [-0.2, -0.15) is 0 Å². The molecule has 6 heteroatoms. The lowest BCUT2D eigenvalue weighted by molar-refractivity contribution is -0.125. The number of hydrogen-bond acceptors (Lipinski definition) is 4. The Hall–Kier alpha value is -2.39. The van der Waals surface area contributed by atoms with Gasteiger partial charge in [0.05, 0.1) is 5.56 Å². The van der Waals surface area contributed by atoms with Crippen molar-refractivity contribution in [3.63, 3.8) is 0 Å². The third kappa shape index (κ3) is 3.26. The monoisotopic (exact) mass is 315 g/mol. The van der Waals surface area contributed by atoms with E-state index in [1.54, 1.807) is 40.6 Å². The minimum atomic E-state index is -0.406. The lowest BCUT2D eigenvalue weighted by Crippen LogP contribution is -2.48. The van der Waals surface area contributed by atoms with Gasteiger partial charge in [0, 0.05) is 43.7 Å². The molecule has 1 aromatic heterocycles. The number of benzene rings is 1. The second-order valence-corrected chi connectivity index (χ2v) is 5.70. The van der Waals surface area contributed by atoms with Gasteiger partial charge in [-0.05, 0) is 12.1 Å². The Morgan fingerprint density at radius 2 is 2.00 bits per heavy atom. The molecule has 4 nitrogen and oxygen atoms in total. The van der Waals surface area contributed by atoms with Gasteiger partial charge in [-0.15, -0.1) is 11.3 Å². The summed E-state index contributed by atoms with van der Waals surface area (Å²) in [7, 11) is 0. The predicted molar refractivity (Wildman–Crippen MR) is 84.2 cm³/mol. The average Bonchev–Trinajstić information content (AvgIpc) is 3.08. The molecule has 0 atom stereocenters. The largest absolute Gasteiger partial charge is 0.345 e. The Morgan fingerprint density at radius 3 is 2.68 bits per heavy atom. The first-order valence-corrected chi connectivity index (χ1v) is 7.82. The number of carbonyl (C=O) groups is 1. The van der Waals surface area contributed by atoms with Crippen molar-refractivity contribution in [3.8, 4) is 11.8 Å². The lowest BCUT2D eigenvalue weighted by Gasteiger charge is -2.33. The minimum absolute atomic E-state index is 0.247. The van der Waals surface area contributed by atoms with Crippen molar-refractivity contribution in [1.82, 2.24) is 9.88 Å². The van der Waals surface area contributed by atoms with E-state index < -0.39 is 5.82 Å². The molecular formula is C16H14FN3OS. The molecule has 0 spiro atoms. The Balaban J connectivity index is 1.60. The Bertz CT molecular complexity index is 712. The van der Waals surface area contributed by atoms with Crippen LogP contribution in [0.15, 0.2) is 35.8 Å². The summed E-state index contributed by atoms with van der Waals surface area (Å²) in [4.78, 5) is 20.2. The number of amides is 1. The average molecular weight is 315 g/mol. The van der Waals surface area contributed by atoms with Crippen molar-refractivity contribution in [2.45, 2.75) is 0 Å². The van der Waals surface area contributed by atoms with Crippen LogP contribution < -0.4 is 4.90 Å². The first-order valence-electron chi connectivity index (χ1n) is 6.94. The van der Waals surface area contributed by atoms with Crippen molar-refractivity contribution in [2.75, 3.05) is 31.1 Å². The van der Waals surface area contributed by atoms with Gasteiger partial charge in [-0.1, -0.05) is 18.1 Å². The topological polar surface area (TPSA) is 36.4 Å². The number of carbonyl (C=O) groups excluding carboxylic acids is 1. The molecule has 0 N–H and O–H groups in total. The van der Waals surface area contributed by atoms with Gasteiger partial charge < -0.3 is 9.80 Å². The number of hydrogen-bond donors (Lipinski definition) is 0. The molecule has 1 aromatic carbocycles. The van der Waals surface area contributed by atoms with Crippen LogP contribution in [0.1, 0.15) is 5.56 Å². The molecular weight excluding hydrogens is 301 g/mol. The van der Waals surface area contributed by atoms with Gasteiger partial charge in [0.1, 0.15) is 5.82 Å². The zero-order valence-corrected chi connectivity index (χ0v) is 12.6. The molecule has 1 amide bonds. The Kier molecular flexibility index (Phi) is 4.35. The van der Waals surface area contributed by atoms with Crippen LogP contribution in [0.3, 0.4) is 0 Å². The SMILES string of the molecule is O=C(C#Cc1ccccc1F)N1CCN(c2nccs2)CC1. The highest BCUT2D eigenvalue weighted by Crippen LogP contribution is 2.18. The lowest BCUT2D eigenvalue weighted by atomic mass is 10.2. The molecule has 0 bridgehead atoms. The van der Waals surface area contributed by atoms with Crippen molar-refractivity contribution >= 4 is 22.4 Å². The van der Waals surface area contributed by atoms with Gasteiger partial charge in [-0.3, -0.25) is 4.79 Å². The number of halogens is 1. The van der Waals surface area contributed by atoms with Crippen molar-refractivity contribution in [1.29, 1.82) is 0 Å². The molecule has 1 fully saturated rings. The van der Waals surface area contributed by atoms with E-state index >= 15 is 0 Å². The van der Waals surface area contributed by atoms with Crippen molar-refractivity contribution < 1.29 is 9.18 Å². The molecule has 1 aliphatic rings. The van der Waals surface area contributed by atoms with Gasteiger partial charge >= 0.3 is 0 Å². The molecule has 112 valence electrons. The summed E-state index contributed by atoms with van der Waals surface area (Å²) >= 11 is 1.59. The highest BCUT2D eigenvalue weighted by Gasteiger charge is 2.21. The van der Waals surface area contributed by atoms with Crippen LogP contribution in [0.5, 0.6) is 0 Å². The van der Waals surface area contributed by atoms with E-state index in [0.717, 1.165) is 18.2 Å². The maximum atomic E-state index is 13.5. The number of thiazole rings is 1. The van der Waals surface area contributed by atoms with Crippen LogP contribution in [-0.4, -0.2) is 42.0 Å². The molecule has 0 radical (unpaired) electrons. The molecule has 2 aromatic rings. The predicted octanol–water partition coefficient (Wildman–Crippen LogP) is 1.98. The van der Waals surface area contributed by atoms with Gasteiger partial charge in [-0.25, -0.2) is 9.37 Å². The number of aromatic nitrogens is 1. The normalized spacial score (nSPS) is 14.4. The van der Waals surface area contributed by atoms with E-state index in [1.807, 2.05) is 5.38 Å². The molecule has 0 saturated carbocycles. The zero-order chi connectivity index (χ0) is 15.4. The van der Waals surface area contributed by atoms with Crippen LogP contribution in [0, 0.1) is 17.7 Å². The van der Waals surface area contributed by atoms with E-state index in [9.17, 15) is 9.18 Å². The maximum absolute atomic E-state index is 13.5. The molecule has 0 unspecified atom stereocenters. The molecule has 0 aliphatic carbocycles. The second kappa shape index (κ2) is 6.58. The third-order valence-electron chi connectivity index (χ3n) is 3.43. The smallest absolute Gasteiger partial charge is 0.298 e. The first-order chi connectivity index (χ1) is 10.7. The number of anilines is 1. The third-order valence-corrected chi connectivity index (χ3v) is 4.27. The fourth-order valence-corrected chi connectivity index (χ4v) is 2.93. The number of piperazine rings is 1. The summed E-state index contributed by atoms with van der Waals surface area (Å²) in [6, 6.07) is 6.20. The van der Waals surface area contributed by atoms with Crippen LogP contribution in [0.2, 0.25) is 0 Å². The second-order valence-electron chi connectivity index (χ2n) is 4.82. The van der Waals surface area contributed by atoms with E-state index in [4.69, 9.17) is 0 Å². The quantitative estimate of drug-likeness (QED) is 0.755. The maximum Gasteiger partial charge on any atom is 0.298 e. The fourth-order valence-electron chi connectivity index (χ4n) is 2.24. The summed E-state index contributed by atoms with van der Waals surface area (Å²) < 4.78 is 13.5. The Morgan fingerprint density at radius 1 is 1.23 bits per heavy atom. The standard InChI is InChI=1S/C16H14FN3OS/c17-14-4-2-1-3-13(14)5-6-15(21)19-8-10-20(11-9-19)16-18-7-12-22-16/h1-4,7,12H,8-11H2. The fraction of sp³-hybridized carbons (Fsp3) is 0.250. The Labute approximate surface area is 132 Å². The van der Waals surface area contributed by atoms with Crippen LogP contribution >= 0.6 is 11.3 Å². The van der Waals surface area contributed by atoms with Crippen LogP contribution in [0.25, 0.3) is 0 Å². The van der Waals surface area contributed by atoms with Gasteiger partial charge in [0.15, 0.2) is 5.13 Å². The molecule has 1 aliphatic heterocycles. The van der Waals surface area contributed by atoms with Gasteiger partial charge in [0.2, 0.25) is 0 Å². The summed E-state index contributed by atoms with van der Waals surface area (Å²) in [6.07, 6.45) is 1.78.